The lowest BCUT2D eigenvalue weighted by molar-refractivity contribution is 0.301. The smallest absolute Gasteiger partial charge is 0.220 e. The summed E-state index contributed by atoms with van der Waals surface area (Å²) in [7, 11) is 1.85. The van der Waals surface area contributed by atoms with Gasteiger partial charge in [-0.1, -0.05) is 30.3 Å². The topological polar surface area (TPSA) is 18.1 Å². The summed E-state index contributed by atoms with van der Waals surface area (Å²) in [4.78, 5) is 0. The third-order valence-corrected chi connectivity index (χ3v) is 2.08. The Bertz CT molecular complexity index is 455. The molecule has 2 nitrogen and oxygen atoms in total. The molecule has 2 rings (SSSR count). The van der Waals surface area contributed by atoms with Gasteiger partial charge in [0.15, 0.2) is 0 Å². The lowest BCUT2D eigenvalue weighted by Gasteiger charge is -1.98. The highest BCUT2D eigenvalue weighted by molar-refractivity contribution is 7.71. The maximum absolute atomic E-state index is 5.20. The van der Waals surface area contributed by atoms with Crippen LogP contribution in [0, 0.1) is 4.71 Å². The highest BCUT2D eigenvalue weighted by atomic mass is 32.1. The van der Waals surface area contributed by atoms with Crippen LogP contribution >= 0.6 is 12.2 Å². The van der Waals surface area contributed by atoms with Gasteiger partial charge in [-0.25, -0.2) is 4.74 Å². The van der Waals surface area contributed by atoms with Crippen LogP contribution in [-0.2, 0) is 7.05 Å². The Morgan fingerprint density at radius 3 is 2.46 bits per heavy atom. The van der Waals surface area contributed by atoms with Crippen molar-refractivity contribution >= 4 is 12.2 Å². The van der Waals surface area contributed by atoms with Crippen molar-refractivity contribution in [1.82, 2.24) is 4.74 Å². The van der Waals surface area contributed by atoms with E-state index in [-0.39, 0.29) is 0 Å². The molecular formula is C10H9NOS. The van der Waals surface area contributed by atoms with Gasteiger partial charge in [-0.3, -0.25) is 0 Å². The van der Waals surface area contributed by atoms with Gasteiger partial charge in [-0.2, -0.15) is 0 Å². The van der Waals surface area contributed by atoms with Gasteiger partial charge in [0.2, 0.25) is 4.71 Å². The number of hydrogen-bond donors (Lipinski definition) is 0. The van der Waals surface area contributed by atoms with Crippen molar-refractivity contribution < 1.29 is 4.52 Å². The number of aryl methyl sites for hydroxylation is 1. The van der Waals surface area contributed by atoms with Crippen LogP contribution < -0.4 is 0 Å². The summed E-state index contributed by atoms with van der Waals surface area (Å²) in [6.45, 7) is 0. The second-order valence-corrected chi connectivity index (χ2v) is 3.21. The van der Waals surface area contributed by atoms with E-state index in [1.54, 1.807) is 4.74 Å². The molecular weight excluding hydrogens is 182 g/mol. The van der Waals surface area contributed by atoms with Crippen molar-refractivity contribution in [1.29, 1.82) is 0 Å². The summed E-state index contributed by atoms with van der Waals surface area (Å²) in [6.07, 6.45) is 0. The number of rotatable bonds is 1. The molecule has 0 radical (unpaired) electrons. The second kappa shape index (κ2) is 3.18. The van der Waals surface area contributed by atoms with E-state index in [9.17, 15) is 0 Å². The molecule has 0 spiro atoms. The van der Waals surface area contributed by atoms with Crippen molar-refractivity contribution in [3.05, 3.63) is 41.1 Å². The van der Waals surface area contributed by atoms with Crippen molar-refractivity contribution in [3.63, 3.8) is 0 Å². The predicted octanol–water partition coefficient (Wildman–Crippen LogP) is 3.01. The molecule has 0 fully saturated rings. The van der Waals surface area contributed by atoms with Gasteiger partial charge in [0, 0.05) is 18.7 Å². The van der Waals surface area contributed by atoms with Crippen LogP contribution in [0.3, 0.4) is 0 Å². The van der Waals surface area contributed by atoms with Crippen molar-refractivity contribution in [2.24, 2.45) is 7.05 Å². The highest BCUT2D eigenvalue weighted by Crippen LogP contribution is 2.18. The van der Waals surface area contributed by atoms with E-state index in [0.717, 1.165) is 11.3 Å². The van der Waals surface area contributed by atoms with Crippen LogP contribution in [0.1, 0.15) is 0 Å². The standard InChI is InChI=1S/C10H9NOS/c1-11-9(7-10(13)12-11)8-5-3-2-4-6-8/h2-7H,1H3. The summed E-state index contributed by atoms with van der Waals surface area (Å²) in [5.74, 6) is 0. The van der Waals surface area contributed by atoms with Crippen LogP contribution in [0.25, 0.3) is 11.3 Å². The molecule has 2 aromatic rings. The molecule has 1 aromatic heterocycles. The molecule has 0 unspecified atom stereocenters. The van der Waals surface area contributed by atoms with Gasteiger partial charge in [0.05, 0.1) is 5.69 Å². The molecule has 1 heterocycles. The summed E-state index contributed by atoms with van der Waals surface area (Å²) in [6, 6.07) is 11.9. The van der Waals surface area contributed by atoms with E-state index in [4.69, 9.17) is 16.7 Å². The van der Waals surface area contributed by atoms with Crippen LogP contribution in [0.2, 0.25) is 0 Å². The zero-order valence-electron chi connectivity index (χ0n) is 7.23. The first-order valence-electron chi connectivity index (χ1n) is 4.00. The number of aromatic nitrogens is 1. The third-order valence-electron chi connectivity index (χ3n) is 1.89. The first-order chi connectivity index (χ1) is 6.27. The monoisotopic (exact) mass is 191 g/mol. The third kappa shape index (κ3) is 1.55. The predicted molar refractivity (Wildman–Crippen MR) is 53.9 cm³/mol. The molecule has 0 aliphatic rings. The second-order valence-electron chi connectivity index (χ2n) is 2.80. The minimum absolute atomic E-state index is 0.515. The van der Waals surface area contributed by atoms with Gasteiger partial charge < -0.3 is 4.52 Å². The lowest BCUT2D eigenvalue weighted by atomic mass is 10.1. The van der Waals surface area contributed by atoms with Gasteiger partial charge in [-0.15, -0.1) is 0 Å². The van der Waals surface area contributed by atoms with E-state index in [1.807, 2.05) is 43.4 Å². The van der Waals surface area contributed by atoms with Crippen molar-refractivity contribution in [3.8, 4) is 11.3 Å². The summed E-state index contributed by atoms with van der Waals surface area (Å²) in [5.41, 5.74) is 2.12. The highest BCUT2D eigenvalue weighted by Gasteiger charge is 2.02. The Labute approximate surface area is 81.4 Å². The van der Waals surface area contributed by atoms with Gasteiger partial charge in [0.1, 0.15) is 0 Å². The molecule has 0 aliphatic heterocycles. The fourth-order valence-corrected chi connectivity index (χ4v) is 1.51. The molecule has 0 bridgehead atoms. The molecule has 1 aromatic carbocycles. The minimum Gasteiger partial charge on any atom is -0.368 e. The zero-order valence-corrected chi connectivity index (χ0v) is 8.04. The van der Waals surface area contributed by atoms with Crippen LogP contribution in [-0.4, -0.2) is 4.74 Å². The van der Waals surface area contributed by atoms with Gasteiger partial charge in [-0.05, 0) is 12.2 Å². The lowest BCUT2D eigenvalue weighted by Crippen LogP contribution is -1.87. The van der Waals surface area contributed by atoms with Crippen LogP contribution in [0.5, 0.6) is 0 Å². The van der Waals surface area contributed by atoms with Crippen molar-refractivity contribution in [2.45, 2.75) is 0 Å². The van der Waals surface area contributed by atoms with E-state index < -0.39 is 0 Å². The molecule has 3 heteroatoms. The Morgan fingerprint density at radius 1 is 1.23 bits per heavy atom. The number of nitrogens with zero attached hydrogens (tertiary/aromatic N) is 1. The fraction of sp³-hybridized carbons (Fsp3) is 0.100. The normalized spacial score (nSPS) is 10.2. The Kier molecular flexibility index (Phi) is 2.02. The Morgan fingerprint density at radius 2 is 1.92 bits per heavy atom. The van der Waals surface area contributed by atoms with Gasteiger partial charge >= 0.3 is 0 Å². The van der Waals surface area contributed by atoms with E-state index in [1.165, 1.54) is 0 Å². The first-order valence-corrected chi connectivity index (χ1v) is 4.41. The van der Waals surface area contributed by atoms with E-state index in [0.29, 0.717) is 4.71 Å². The van der Waals surface area contributed by atoms with Crippen LogP contribution in [0.4, 0.5) is 0 Å². The summed E-state index contributed by atoms with van der Waals surface area (Å²) >= 11 is 4.93. The average molecular weight is 191 g/mol. The molecule has 66 valence electrons. The molecule has 0 amide bonds. The van der Waals surface area contributed by atoms with Crippen molar-refractivity contribution in [2.75, 3.05) is 0 Å². The average Bonchev–Trinajstić information content (AvgIpc) is 2.47. The maximum atomic E-state index is 5.20. The Balaban J connectivity index is 2.59. The van der Waals surface area contributed by atoms with E-state index >= 15 is 0 Å². The maximum Gasteiger partial charge on any atom is 0.220 e. The molecule has 0 saturated carbocycles. The van der Waals surface area contributed by atoms with Crippen LogP contribution in [0.15, 0.2) is 40.9 Å². The summed E-state index contributed by atoms with van der Waals surface area (Å²) in [5, 5.41) is 0. The molecule has 0 aliphatic carbocycles. The molecule has 13 heavy (non-hydrogen) atoms. The zero-order chi connectivity index (χ0) is 9.26. The van der Waals surface area contributed by atoms with E-state index in [2.05, 4.69) is 0 Å². The molecule has 0 N–H and O–H groups in total. The van der Waals surface area contributed by atoms with Gasteiger partial charge in [0.25, 0.3) is 0 Å². The molecule has 0 atom stereocenters. The largest absolute Gasteiger partial charge is 0.368 e. The Hall–Kier alpha value is -1.35. The first kappa shape index (κ1) is 8.26. The molecule has 0 saturated heterocycles. The number of benzene rings is 1. The summed E-state index contributed by atoms with van der Waals surface area (Å²) < 4.78 is 7.39. The number of hydrogen-bond acceptors (Lipinski definition) is 2. The quantitative estimate of drug-likeness (QED) is 0.645. The minimum atomic E-state index is 0.515. The SMILES string of the molecule is Cn1oc(=S)cc1-c1ccccc1. The fourth-order valence-electron chi connectivity index (χ4n) is 1.29.